The average molecular weight is 416 g/mol. The monoisotopic (exact) mass is 415 g/mol. The van der Waals surface area contributed by atoms with Crippen LogP contribution in [0.1, 0.15) is 21.5 Å². The van der Waals surface area contributed by atoms with E-state index in [2.05, 4.69) is 9.72 Å². The van der Waals surface area contributed by atoms with Gasteiger partial charge in [0.05, 0.1) is 10.5 Å². The van der Waals surface area contributed by atoms with Crippen LogP contribution in [0.4, 0.5) is 17.6 Å². The number of halogens is 5. The lowest BCUT2D eigenvalue weighted by molar-refractivity contribution is -0.274. The summed E-state index contributed by atoms with van der Waals surface area (Å²) in [6.45, 7) is 0. The number of hydrogen-bond donors (Lipinski definition) is 2. The van der Waals surface area contributed by atoms with Crippen LogP contribution in [0.3, 0.4) is 0 Å². The summed E-state index contributed by atoms with van der Waals surface area (Å²) in [5, 5.41) is 8.54. The number of hydrogen-bond acceptors (Lipinski definition) is 3. The molecule has 0 spiro atoms. The highest BCUT2D eigenvalue weighted by Crippen LogP contribution is 2.30. The first-order chi connectivity index (χ1) is 13.1. The molecule has 0 saturated heterocycles. The van der Waals surface area contributed by atoms with Crippen molar-refractivity contribution in [3.05, 3.63) is 74.3 Å². The molecule has 0 aliphatic rings. The van der Waals surface area contributed by atoms with E-state index in [1.54, 1.807) is 0 Å². The second-order valence-electron chi connectivity index (χ2n) is 5.78. The predicted octanol–water partition coefficient (Wildman–Crippen LogP) is 4.51. The molecule has 5 nitrogen and oxygen atoms in total. The smallest absolute Gasteiger partial charge is 0.477 e. The van der Waals surface area contributed by atoms with Gasteiger partial charge in [0.2, 0.25) is 5.43 Å². The molecule has 0 aliphatic carbocycles. The molecule has 3 rings (SSSR count). The molecule has 0 saturated carbocycles. The molecule has 0 unspecified atom stereocenters. The average Bonchev–Trinajstić information content (AvgIpc) is 2.60. The fourth-order valence-electron chi connectivity index (χ4n) is 2.72. The number of carboxylic acids is 1. The second-order valence-corrected chi connectivity index (χ2v) is 6.16. The molecule has 2 aromatic carbocycles. The minimum atomic E-state index is -4.83. The Morgan fingerprint density at radius 1 is 1.21 bits per heavy atom. The van der Waals surface area contributed by atoms with Gasteiger partial charge in [0.25, 0.3) is 0 Å². The summed E-state index contributed by atoms with van der Waals surface area (Å²) in [5.74, 6) is -2.82. The zero-order valence-electron chi connectivity index (χ0n) is 13.7. The topological polar surface area (TPSA) is 79.4 Å². The van der Waals surface area contributed by atoms with Crippen LogP contribution >= 0.6 is 11.6 Å². The van der Waals surface area contributed by atoms with Gasteiger partial charge in [-0.3, -0.25) is 4.79 Å². The second kappa shape index (κ2) is 7.16. The number of nitrogens with one attached hydrogen (secondary N) is 1. The number of rotatable bonds is 4. The van der Waals surface area contributed by atoms with Crippen LogP contribution in [0.2, 0.25) is 5.02 Å². The van der Waals surface area contributed by atoms with Crippen LogP contribution in [0.25, 0.3) is 10.9 Å². The van der Waals surface area contributed by atoms with Gasteiger partial charge in [0, 0.05) is 23.6 Å². The molecule has 10 heteroatoms. The highest BCUT2D eigenvalue weighted by atomic mass is 35.5. The van der Waals surface area contributed by atoms with Gasteiger partial charge in [-0.2, -0.15) is 0 Å². The highest BCUT2D eigenvalue weighted by Gasteiger charge is 2.31. The third kappa shape index (κ3) is 3.94. The zero-order chi connectivity index (χ0) is 20.6. The first-order valence-corrected chi connectivity index (χ1v) is 8.05. The molecule has 1 heterocycles. The van der Waals surface area contributed by atoms with E-state index in [1.165, 1.54) is 12.1 Å². The molecule has 0 aliphatic heterocycles. The molecule has 2 N–H and O–H groups in total. The van der Waals surface area contributed by atoms with Crippen molar-refractivity contribution in [2.24, 2.45) is 0 Å². The number of carboxylic acid groups (broad SMARTS) is 1. The van der Waals surface area contributed by atoms with Gasteiger partial charge in [-0.15, -0.1) is 13.2 Å². The van der Waals surface area contributed by atoms with Crippen LogP contribution in [0.5, 0.6) is 5.75 Å². The van der Waals surface area contributed by atoms with Crippen molar-refractivity contribution in [1.82, 2.24) is 4.98 Å². The van der Waals surface area contributed by atoms with E-state index in [-0.39, 0.29) is 27.9 Å². The Hall–Kier alpha value is -3.07. The fourth-order valence-corrected chi connectivity index (χ4v) is 2.93. The third-order valence-electron chi connectivity index (χ3n) is 3.94. The summed E-state index contributed by atoms with van der Waals surface area (Å²) in [4.78, 5) is 26.0. The van der Waals surface area contributed by atoms with Crippen molar-refractivity contribution in [3.8, 4) is 5.75 Å². The fraction of sp³-hybridized carbons (Fsp3) is 0.111. The van der Waals surface area contributed by atoms with Gasteiger partial charge in [-0.05, 0) is 23.8 Å². The maximum absolute atomic E-state index is 14.2. The minimum Gasteiger partial charge on any atom is -0.477 e. The molecule has 3 aromatic rings. The lowest BCUT2D eigenvalue weighted by atomic mass is 10.00. The van der Waals surface area contributed by atoms with E-state index in [0.717, 1.165) is 24.4 Å². The first-order valence-electron chi connectivity index (χ1n) is 7.67. The van der Waals surface area contributed by atoms with E-state index in [0.29, 0.717) is 5.56 Å². The maximum atomic E-state index is 14.2. The number of aromatic nitrogens is 1. The summed E-state index contributed by atoms with van der Waals surface area (Å²) in [5.41, 5.74) is -0.681. The van der Waals surface area contributed by atoms with Crippen LogP contribution in [0, 0.1) is 5.82 Å². The summed E-state index contributed by atoms with van der Waals surface area (Å²) in [7, 11) is 0. The van der Waals surface area contributed by atoms with Crippen molar-refractivity contribution >= 4 is 28.5 Å². The van der Waals surface area contributed by atoms with Crippen molar-refractivity contribution in [2.45, 2.75) is 12.8 Å². The molecule has 0 amide bonds. The van der Waals surface area contributed by atoms with Crippen LogP contribution in [-0.4, -0.2) is 22.4 Å². The lowest BCUT2D eigenvalue weighted by Gasteiger charge is -2.12. The number of aromatic amines is 1. The highest BCUT2D eigenvalue weighted by molar-refractivity contribution is 6.32. The number of ether oxygens (including phenoxy) is 1. The zero-order valence-corrected chi connectivity index (χ0v) is 14.5. The molecular weight excluding hydrogens is 406 g/mol. The molecule has 0 radical (unpaired) electrons. The van der Waals surface area contributed by atoms with Crippen LogP contribution in [-0.2, 0) is 6.42 Å². The van der Waals surface area contributed by atoms with E-state index >= 15 is 0 Å². The van der Waals surface area contributed by atoms with Gasteiger partial charge in [-0.25, -0.2) is 9.18 Å². The number of H-pyrrole nitrogens is 1. The number of carbonyl (C=O) groups is 1. The number of fused-ring (bicyclic) bond motifs is 1. The van der Waals surface area contributed by atoms with E-state index in [9.17, 15) is 27.2 Å². The van der Waals surface area contributed by atoms with E-state index in [1.807, 2.05) is 0 Å². The number of aromatic carboxylic acids is 1. The van der Waals surface area contributed by atoms with Crippen LogP contribution < -0.4 is 10.2 Å². The summed E-state index contributed by atoms with van der Waals surface area (Å²) < 4.78 is 54.7. The third-order valence-corrected chi connectivity index (χ3v) is 4.34. The van der Waals surface area contributed by atoms with Crippen molar-refractivity contribution in [2.75, 3.05) is 0 Å². The Kier molecular flexibility index (Phi) is 5.03. The summed E-state index contributed by atoms with van der Waals surface area (Å²) in [6, 6.07) is 5.68. The van der Waals surface area contributed by atoms with Gasteiger partial charge in [-0.1, -0.05) is 23.7 Å². The minimum absolute atomic E-state index is 0.0260. The van der Waals surface area contributed by atoms with Gasteiger partial charge in [0.1, 0.15) is 17.1 Å². The summed E-state index contributed by atoms with van der Waals surface area (Å²) in [6.07, 6.45) is -3.88. The molecule has 28 heavy (non-hydrogen) atoms. The quantitative estimate of drug-likeness (QED) is 0.615. The van der Waals surface area contributed by atoms with Crippen LogP contribution in [0.15, 0.2) is 41.3 Å². The molecule has 0 bridgehead atoms. The van der Waals surface area contributed by atoms with Crippen molar-refractivity contribution in [3.63, 3.8) is 0 Å². The number of pyridine rings is 1. The standard InChI is InChI=1S/C18H10ClF4NO4/c19-14-10(5-8-1-3-9(4-2-8)28-18(21,22)23)15-11(6-13(14)20)16(25)12(7-24-15)17(26)27/h1-4,6-7H,5H2,(H,24,25)(H,26,27). The maximum Gasteiger partial charge on any atom is 0.573 e. The Labute approximate surface area is 159 Å². The van der Waals surface area contributed by atoms with Gasteiger partial charge in [0.15, 0.2) is 0 Å². The lowest BCUT2D eigenvalue weighted by Crippen LogP contribution is -2.17. The Bertz CT molecular complexity index is 1120. The summed E-state index contributed by atoms with van der Waals surface area (Å²) >= 11 is 6.01. The Morgan fingerprint density at radius 3 is 2.43 bits per heavy atom. The van der Waals surface area contributed by atoms with Crippen molar-refractivity contribution in [1.29, 1.82) is 0 Å². The van der Waals surface area contributed by atoms with Gasteiger partial charge < -0.3 is 14.8 Å². The number of alkyl halides is 3. The van der Waals surface area contributed by atoms with Gasteiger partial charge >= 0.3 is 12.3 Å². The predicted molar refractivity (Wildman–Crippen MR) is 92.4 cm³/mol. The molecule has 146 valence electrons. The van der Waals surface area contributed by atoms with E-state index in [4.69, 9.17) is 16.7 Å². The molecular formula is C18H10ClF4NO4. The van der Waals surface area contributed by atoms with E-state index < -0.39 is 34.9 Å². The Balaban J connectivity index is 2.05. The molecule has 0 atom stereocenters. The molecule has 0 fully saturated rings. The normalized spacial score (nSPS) is 11.6. The van der Waals surface area contributed by atoms with Crippen molar-refractivity contribution < 1.29 is 32.2 Å². The largest absolute Gasteiger partial charge is 0.573 e. The number of benzene rings is 2. The Morgan fingerprint density at radius 2 is 1.86 bits per heavy atom. The first kappa shape index (κ1) is 19.7. The SMILES string of the molecule is O=C(O)c1c[nH]c2c(Cc3ccc(OC(F)(F)F)cc3)c(Cl)c(F)cc2c1=O. The molecule has 1 aromatic heterocycles.